The Hall–Kier alpha value is -2.50. The first kappa shape index (κ1) is 25.6. The molecule has 2 aromatic rings. The van der Waals surface area contributed by atoms with Crippen LogP contribution in [0, 0.1) is 0 Å². The van der Waals surface area contributed by atoms with E-state index in [1.165, 1.54) is 6.20 Å². The Morgan fingerprint density at radius 3 is 2.77 bits per heavy atom. The van der Waals surface area contributed by atoms with Crippen molar-refractivity contribution in [1.82, 2.24) is 15.1 Å². The van der Waals surface area contributed by atoms with Gasteiger partial charge in [-0.1, -0.05) is 11.6 Å². The molecule has 1 aromatic carbocycles. The Bertz CT molecular complexity index is 1010. The van der Waals surface area contributed by atoms with Gasteiger partial charge >= 0.3 is 6.36 Å². The molecule has 2 N–H and O–H groups in total. The molecule has 1 fully saturated rings. The van der Waals surface area contributed by atoms with Gasteiger partial charge in [0, 0.05) is 29.5 Å². The average molecular weight is 518 g/mol. The zero-order valence-electron chi connectivity index (χ0n) is 18.8. The van der Waals surface area contributed by atoms with E-state index in [9.17, 15) is 23.1 Å². The fraction of sp³-hybridized carbons (Fsp3) is 0.565. The first-order valence-corrected chi connectivity index (χ1v) is 11.9. The highest BCUT2D eigenvalue weighted by atomic mass is 35.5. The van der Waals surface area contributed by atoms with E-state index in [1.807, 2.05) is 0 Å². The highest BCUT2D eigenvalue weighted by Crippen LogP contribution is 2.37. The quantitative estimate of drug-likeness (QED) is 0.506. The fourth-order valence-electron chi connectivity index (χ4n) is 4.39. The van der Waals surface area contributed by atoms with Gasteiger partial charge in [0.15, 0.2) is 11.9 Å². The normalized spacial score (nSPS) is 24.4. The maximum absolute atomic E-state index is 12.8. The smallest absolute Gasteiger partial charge is 0.490 e. The van der Waals surface area contributed by atoms with E-state index >= 15 is 0 Å². The van der Waals surface area contributed by atoms with Crippen molar-refractivity contribution in [2.45, 2.75) is 69.2 Å². The van der Waals surface area contributed by atoms with E-state index in [-0.39, 0.29) is 37.4 Å². The number of benzene rings is 1. The first-order valence-electron chi connectivity index (χ1n) is 11.5. The minimum Gasteiger partial charge on any atom is -0.490 e. The van der Waals surface area contributed by atoms with Crippen molar-refractivity contribution >= 4 is 17.5 Å². The summed E-state index contributed by atoms with van der Waals surface area (Å²) >= 11 is 5.98. The summed E-state index contributed by atoms with van der Waals surface area (Å²) in [5, 5.41) is 18.2. The molecule has 1 aromatic heterocycles. The van der Waals surface area contributed by atoms with Crippen molar-refractivity contribution < 1.29 is 37.3 Å². The third kappa shape index (κ3) is 7.02. The standard InChI is InChI=1S/C23H27ClF3N3O5/c24-14-2-7-20-18(10-14)19(31)11-21(35-20)22(32)29-15-3-5-16(6-4-15)30-13-17(12-28-30)33-8-1-9-34-23(25,26)27/h2,7,10,12-13,15-16,19,21,31H,1,3-6,8-9,11H2,(H,29,32)/t15?,16?,19-,21-/m1/s1. The number of carbonyl (C=O) groups is 1. The number of ether oxygens (including phenoxy) is 3. The predicted molar refractivity (Wildman–Crippen MR) is 119 cm³/mol. The highest BCUT2D eigenvalue weighted by molar-refractivity contribution is 6.30. The summed E-state index contributed by atoms with van der Waals surface area (Å²) in [6, 6.07) is 5.09. The first-order chi connectivity index (χ1) is 16.7. The van der Waals surface area contributed by atoms with Crippen LogP contribution in [0.15, 0.2) is 30.6 Å². The van der Waals surface area contributed by atoms with Gasteiger partial charge in [-0.2, -0.15) is 5.10 Å². The number of carbonyl (C=O) groups excluding carboxylic acids is 1. The number of rotatable bonds is 8. The van der Waals surface area contributed by atoms with E-state index in [0.29, 0.717) is 22.1 Å². The number of hydrogen-bond acceptors (Lipinski definition) is 6. The van der Waals surface area contributed by atoms with Crippen molar-refractivity contribution in [1.29, 1.82) is 0 Å². The van der Waals surface area contributed by atoms with E-state index in [4.69, 9.17) is 21.1 Å². The maximum Gasteiger partial charge on any atom is 0.522 e. The molecular weight excluding hydrogens is 491 g/mol. The van der Waals surface area contributed by atoms with Crippen LogP contribution in [0.2, 0.25) is 5.02 Å². The van der Waals surface area contributed by atoms with Gasteiger partial charge in [-0.15, -0.1) is 13.2 Å². The van der Waals surface area contributed by atoms with Crippen LogP contribution in [0.1, 0.15) is 56.2 Å². The van der Waals surface area contributed by atoms with Gasteiger partial charge in [0.25, 0.3) is 5.91 Å². The van der Waals surface area contributed by atoms with Gasteiger partial charge in [0.1, 0.15) is 5.75 Å². The third-order valence-corrected chi connectivity index (χ3v) is 6.38. The van der Waals surface area contributed by atoms with Crippen LogP contribution in [-0.4, -0.2) is 52.5 Å². The molecule has 4 rings (SSSR count). The van der Waals surface area contributed by atoms with Crippen LogP contribution in [0.3, 0.4) is 0 Å². The topological polar surface area (TPSA) is 94.8 Å². The Labute approximate surface area is 205 Å². The second-order valence-corrected chi connectivity index (χ2v) is 9.14. The highest BCUT2D eigenvalue weighted by Gasteiger charge is 2.34. The van der Waals surface area contributed by atoms with Crippen molar-refractivity contribution in [3.63, 3.8) is 0 Å². The molecule has 8 nitrogen and oxygen atoms in total. The fourth-order valence-corrected chi connectivity index (χ4v) is 4.57. The van der Waals surface area contributed by atoms with Gasteiger partial charge in [0.2, 0.25) is 0 Å². The Balaban J connectivity index is 1.20. The SMILES string of the molecule is O=C(NC1CCC(n2cc(OCCCOC(F)(F)F)cn2)CC1)[C@H]1C[C@@H](O)c2cc(Cl)ccc2O1. The monoisotopic (exact) mass is 517 g/mol. The number of aliphatic hydroxyl groups excluding tert-OH is 1. The Kier molecular flexibility index (Phi) is 8.08. The number of fused-ring (bicyclic) bond motifs is 1. The van der Waals surface area contributed by atoms with Crippen molar-refractivity contribution in [2.75, 3.05) is 13.2 Å². The van der Waals surface area contributed by atoms with Crippen LogP contribution in [0.5, 0.6) is 11.5 Å². The molecule has 0 bridgehead atoms. The Morgan fingerprint density at radius 1 is 1.26 bits per heavy atom. The molecule has 1 amide bonds. The van der Waals surface area contributed by atoms with E-state index in [2.05, 4.69) is 15.2 Å². The average Bonchev–Trinajstić information content (AvgIpc) is 3.28. The molecule has 12 heteroatoms. The molecule has 192 valence electrons. The zero-order chi connectivity index (χ0) is 25.0. The van der Waals surface area contributed by atoms with Crippen LogP contribution in [0.25, 0.3) is 0 Å². The molecule has 2 aliphatic rings. The number of amides is 1. The summed E-state index contributed by atoms with van der Waals surface area (Å²) < 4.78 is 52.7. The second kappa shape index (κ2) is 11.0. The predicted octanol–water partition coefficient (Wildman–Crippen LogP) is 4.33. The summed E-state index contributed by atoms with van der Waals surface area (Å²) in [5.74, 6) is 0.695. The molecule has 0 spiro atoms. The van der Waals surface area contributed by atoms with E-state index in [1.54, 1.807) is 29.1 Å². The number of nitrogens with zero attached hydrogens (tertiary/aromatic N) is 2. The van der Waals surface area contributed by atoms with Crippen LogP contribution in [-0.2, 0) is 9.53 Å². The molecule has 35 heavy (non-hydrogen) atoms. The maximum atomic E-state index is 12.8. The van der Waals surface area contributed by atoms with Gasteiger partial charge in [-0.25, -0.2) is 0 Å². The number of aliphatic hydroxyl groups is 1. The Morgan fingerprint density at radius 2 is 2.03 bits per heavy atom. The zero-order valence-corrected chi connectivity index (χ0v) is 19.6. The van der Waals surface area contributed by atoms with Gasteiger partial charge in [-0.3, -0.25) is 14.2 Å². The lowest BCUT2D eigenvalue weighted by atomic mass is 9.91. The van der Waals surface area contributed by atoms with Crippen LogP contribution >= 0.6 is 11.6 Å². The van der Waals surface area contributed by atoms with Crippen LogP contribution in [0.4, 0.5) is 13.2 Å². The molecule has 1 aliphatic carbocycles. The number of aromatic nitrogens is 2. The summed E-state index contributed by atoms with van der Waals surface area (Å²) in [6.45, 7) is -0.366. The summed E-state index contributed by atoms with van der Waals surface area (Å²) in [6.07, 6.45) is 0.399. The van der Waals surface area contributed by atoms with Crippen molar-refractivity contribution in [3.05, 3.63) is 41.2 Å². The van der Waals surface area contributed by atoms with Gasteiger partial charge in [-0.05, 0) is 43.9 Å². The van der Waals surface area contributed by atoms with E-state index < -0.39 is 25.2 Å². The summed E-state index contributed by atoms with van der Waals surface area (Å²) in [5.41, 5.74) is 0.583. The number of halogens is 4. The van der Waals surface area contributed by atoms with E-state index in [0.717, 1.165) is 25.7 Å². The minimum absolute atomic E-state index is 0.00831. The molecule has 0 saturated heterocycles. The van der Waals surface area contributed by atoms with Crippen LogP contribution < -0.4 is 14.8 Å². The molecular formula is C23H27ClF3N3O5. The lowest BCUT2D eigenvalue weighted by Crippen LogP contribution is -2.46. The summed E-state index contributed by atoms with van der Waals surface area (Å²) in [4.78, 5) is 12.8. The van der Waals surface area contributed by atoms with Gasteiger partial charge < -0.3 is 19.9 Å². The molecule has 1 saturated carbocycles. The number of alkyl halides is 3. The lowest BCUT2D eigenvalue weighted by molar-refractivity contribution is -0.324. The molecule has 1 aliphatic heterocycles. The third-order valence-electron chi connectivity index (χ3n) is 6.15. The largest absolute Gasteiger partial charge is 0.522 e. The molecule has 2 heterocycles. The van der Waals surface area contributed by atoms with Crippen molar-refractivity contribution in [3.8, 4) is 11.5 Å². The lowest BCUT2D eigenvalue weighted by Gasteiger charge is -2.32. The second-order valence-electron chi connectivity index (χ2n) is 8.71. The summed E-state index contributed by atoms with van der Waals surface area (Å²) in [7, 11) is 0. The molecule has 0 unspecified atom stereocenters. The number of hydrogen-bond donors (Lipinski definition) is 2. The molecule has 2 atom stereocenters. The van der Waals surface area contributed by atoms with Crippen molar-refractivity contribution in [2.24, 2.45) is 0 Å². The molecule has 0 radical (unpaired) electrons. The minimum atomic E-state index is -4.63. The number of nitrogens with one attached hydrogen (secondary N) is 1. The van der Waals surface area contributed by atoms with Gasteiger partial charge in [0.05, 0.1) is 37.8 Å².